The van der Waals surface area contributed by atoms with Crippen LogP contribution < -0.4 is 0 Å². The minimum atomic E-state index is -1.31. The quantitative estimate of drug-likeness (QED) is 0.583. The monoisotopic (exact) mass is 346 g/mol. The molecular weight excluding hydrogens is 320 g/mol. The fourth-order valence-corrected chi connectivity index (χ4v) is 3.32. The molecule has 0 spiro atoms. The maximum Gasteiger partial charge on any atom is 0.334 e. The summed E-state index contributed by atoms with van der Waals surface area (Å²) in [6, 6.07) is 0. The Labute approximate surface area is 148 Å². The summed E-state index contributed by atoms with van der Waals surface area (Å²) in [4.78, 5) is 36.6. The molecule has 5 heteroatoms. The Balaban J connectivity index is 2.30. The van der Waals surface area contributed by atoms with Crippen molar-refractivity contribution in [2.45, 2.75) is 64.6 Å². The molecule has 136 valence electrons. The van der Waals surface area contributed by atoms with Gasteiger partial charge in [0.15, 0.2) is 11.6 Å². The van der Waals surface area contributed by atoms with E-state index in [-0.39, 0.29) is 42.7 Å². The third-order valence-corrected chi connectivity index (χ3v) is 4.81. The molecule has 1 aliphatic heterocycles. The molecule has 5 nitrogen and oxygen atoms in total. The zero-order valence-electron chi connectivity index (χ0n) is 15.1. The van der Waals surface area contributed by atoms with Gasteiger partial charge in [0.25, 0.3) is 0 Å². The molecule has 1 heterocycles. The molecule has 0 radical (unpaired) electrons. The second kappa shape index (κ2) is 7.48. The van der Waals surface area contributed by atoms with E-state index in [1.54, 1.807) is 19.9 Å². The van der Waals surface area contributed by atoms with Gasteiger partial charge in [-0.15, -0.1) is 0 Å². The number of hydrogen-bond donors (Lipinski definition) is 1. The Bertz CT molecular complexity index is 666. The topological polar surface area (TPSA) is 80.7 Å². The van der Waals surface area contributed by atoms with Crippen molar-refractivity contribution in [1.29, 1.82) is 0 Å². The summed E-state index contributed by atoms with van der Waals surface area (Å²) in [5.41, 5.74) is 0.526. The Kier molecular flexibility index (Phi) is 5.78. The number of aliphatic hydroxyl groups is 1. The summed E-state index contributed by atoms with van der Waals surface area (Å²) < 4.78 is 5.30. The lowest BCUT2D eigenvalue weighted by Crippen LogP contribution is -2.32. The number of ketones is 2. The number of carbonyl (C=O) groups is 3. The van der Waals surface area contributed by atoms with Gasteiger partial charge in [0, 0.05) is 24.8 Å². The van der Waals surface area contributed by atoms with Crippen molar-refractivity contribution in [3.8, 4) is 0 Å². The van der Waals surface area contributed by atoms with E-state index >= 15 is 0 Å². The highest BCUT2D eigenvalue weighted by Gasteiger charge is 2.34. The maximum atomic E-state index is 12.4. The Hall–Kier alpha value is -2.01. The van der Waals surface area contributed by atoms with Gasteiger partial charge >= 0.3 is 5.97 Å². The van der Waals surface area contributed by atoms with Crippen LogP contribution in [-0.2, 0) is 19.1 Å². The van der Waals surface area contributed by atoms with Crippen molar-refractivity contribution in [2.24, 2.45) is 5.92 Å². The molecule has 2 unspecified atom stereocenters. The van der Waals surface area contributed by atoms with Gasteiger partial charge in [0.2, 0.25) is 0 Å². The van der Waals surface area contributed by atoms with Crippen LogP contribution in [0.15, 0.2) is 35.5 Å². The number of rotatable bonds is 1. The summed E-state index contributed by atoms with van der Waals surface area (Å²) >= 11 is 0. The summed E-state index contributed by atoms with van der Waals surface area (Å²) in [7, 11) is 0. The first kappa shape index (κ1) is 19.3. The van der Waals surface area contributed by atoms with Gasteiger partial charge in [-0.25, -0.2) is 4.79 Å². The summed E-state index contributed by atoms with van der Waals surface area (Å²) in [6.07, 6.45) is 3.91. The molecule has 0 saturated carbocycles. The number of carbonyl (C=O) groups excluding carboxylic acids is 3. The van der Waals surface area contributed by atoms with E-state index in [0.29, 0.717) is 24.0 Å². The van der Waals surface area contributed by atoms with Crippen LogP contribution in [0.2, 0.25) is 0 Å². The van der Waals surface area contributed by atoms with Crippen LogP contribution >= 0.6 is 0 Å². The van der Waals surface area contributed by atoms with Crippen molar-refractivity contribution in [2.75, 3.05) is 0 Å². The standard InChI is InChI=1S/C20H26O5/c1-12(2)14-5-6-15-8-17(25-19(15)23)11-20(4,24)10-16(21)7-13(3)18(22)9-14/h7-8,14,17,24H,1,5-6,9-11H2,2-4H3/b13-7-/t14?,17-,20?/m1/s1. The van der Waals surface area contributed by atoms with Crippen LogP contribution in [0, 0.1) is 5.92 Å². The molecule has 0 aromatic rings. The molecule has 1 aliphatic carbocycles. The normalized spacial score (nSPS) is 33.8. The van der Waals surface area contributed by atoms with Crippen LogP contribution in [-0.4, -0.2) is 34.3 Å². The lowest BCUT2D eigenvalue weighted by molar-refractivity contribution is -0.141. The van der Waals surface area contributed by atoms with Gasteiger partial charge in [0.1, 0.15) is 6.10 Å². The van der Waals surface area contributed by atoms with E-state index in [4.69, 9.17) is 4.74 Å². The van der Waals surface area contributed by atoms with E-state index in [1.165, 1.54) is 6.08 Å². The largest absolute Gasteiger partial charge is 0.455 e. The van der Waals surface area contributed by atoms with Crippen molar-refractivity contribution in [3.05, 3.63) is 35.5 Å². The molecule has 25 heavy (non-hydrogen) atoms. The van der Waals surface area contributed by atoms with Gasteiger partial charge in [0.05, 0.1) is 5.60 Å². The average Bonchev–Trinajstić information content (AvgIpc) is 2.79. The van der Waals surface area contributed by atoms with Crippen LogP contribution in [0.4, 0.5) is 0 Å². The molecule has 0 saturated heterocycles. The van der Waals surface area contributed by atoms with Crippen molar-refractivity contribution < 1.29 is 24.2 Å². The first-order valence-corrected chi connectivity index (χ1v) is 8.61. The number of Topliss-reactive ketones (excluding diaryl/α,β-unsaturated/α-hetero) is 1. The first-order chi connectivity index (χ1) is 11.6. The third-order valence-electron chi connectivity index (χ3n) is 4.81. The van der Waals surface area contributed by atoms with Gasteiger partial charge in [-0.1, -0.05) is 12.2 Å². The fraction of sp³-hybridized carbons (Fsp3) is 0.550. The van der Waals surface area contributed by atoms with E-state index < -0.39 is 11.7 Å². The van der Waals surface area contributed by atoms with Crippen LogP contribution in [0.5, 0.6) is 0 Å². The average molecular weight is 346 g/mol. The second-order valence-electron chi connectivity index (χ2n) is 7.52. The van der Waals surface area contributed by atoms with Gasteiger partial charge in [-0.2, -0.15) is 0 Å². The zero-order chi connectivity index (χ0) is 18.8. The molecule has 0 amide bonds. The second-order valence-corrected chi connectivity index (χ2v) is 7.52. The van der Waals surface area contributed by atoms with Gasteiger partial charge in [-0.3, -0.25) is 9.59 Å². The number of allylic oxidation sites excluding steroid dienone is 3. The molecule has 0 fully saturated rings. The summed E-state index contributed by atoms with van der Waals surface area (Å²) in [5, 5.41) is 10.5. The highest BCUT2D eigenvalue weighted by molar-refractivity contribution is 6.02. The molecular formula is C20H26O5. The van der Waals surface area contributed by atoms with Crippen LogP contribution in [0.1, 0.15) is 52.9 Å². The van der Waals surface area contributed by atoms with E-state index in [0.717, 1.165) is 5.57 Å². The predicted octanol–water partition coefficient (Wildman–Crippen LogP) is 2.83. The van der Waals surface area contributed by atoms with E-state index in [2.05, 4.69) is 6.58 Å². The number of esters is 1. The molecule has 0 aromatic carbocycles. The SMILES string of the molecule is C=C(C)C1CCC2=C[C@H](CC(C)(O)CC(=O)/C=C(/C)C(=O)C1)OC2=O. The maximum absolute atomic E-state index is 12.4. The van der Waals surface area contributed by atoms with Crippen molar-refractivity contribution in [3.63, 3.8) is 0 Å². The number of hydrogen-bond acceptors (Lipinski definition) is 5. The van der Waals surface area contributed by atoms with Crippen LogP contribution in [0.3, 0.4) is 0 Å². The zero-order valence-corrected chi connectivity index (χ0v) is 15.1. The van der Waals surface area contributed by atoms with Crippen molar-refractivity contribution in [1.82, 2.24) is 0 Å². The Morgan fingerprint density at radius 3 is 2.68 bits per heavy atom. The molecule has 1 N–H and O–H groups in total. The Morgan fingerprint density at radius 2 is 2.04 bits per heavy atom. The molecule has 2 rings (SSSR count). The molecule has 2 bridgehead atoms. The van der Waals surface area contributed by atoms with Crippen LogP contribution in [0.25, 0.3) is 0 Å². The molecule has 2 aliphatic rings. The van der Waals surface area contributed by atoms with Gasteiger partial charge in [-0.05, 0) is 57.3 Å². The molecule has 0 aromatic heterocycles. The lowest BCUT2D eigenvalue weighted by atomic mass is 9.86. The van der Waals surface area contributed by atoms with E-state index in [1.807, 2.05) is 6.92 Å². The van der Waals surface area contributed by atoms with Crippen molar-refractivity contribution >= 4 is 17.5 Å². The Morgan fingerprint density at radius 1 is 1.36 bits per heavy atom. The fourth-order valence-electron chi connectivity index (χ4n) is 3.32. The molecule has 3 atom stereocenters. The predicted molar refractivity (Wildman–Crippen MR) is 93.7 cm³/mol. The smallest absolute Gasteiger partial charge is 0.334 e. The summed E-state index contributed by atoms with van der Waals surface area (Å²) in [5.74, 6) is -0.861. The summed E-state index contributed by atoms with van der Waals surface area (Å²) in [6.45, 7) is 8.98. The van der Waals surface area contributed by atoms with E-state index in [9.17, 15) is 19.5 Å². The minimum Gasteiger partial charge on any atom is -0.455 e. The highest BCUT2D eigenvalue weighted by Crippen LogP contribution is 2.30. The minimum absolute atomic E-state index is 0.0512. The highest BCUT2D eigenvalue weighted by atomic mass is 16.5. The lowest BCUT2D eigenvalue weighted by Gasteiger charge is -2.24. The van der Waals surface area contributed by atoms with Gasteiger partial charge < -0.3 is 9.84 Å². The third kappa shape index (κ3) is 5.23. The first-order valence-electron chi connectivity index (χ1n) is 8.61. The number of fused-ring (bicyclic) bond motifs is 1. The number of ether oxygens (including phenoxy) is 1.